The van der Waals surface area contributed by atoms with E-state index in [9.17, 15) is 4.79 Å². The van der Waals surface area contributed by atoms with Crippen LogP contribution in [-0.4, -0.2) is 25.0 Å². The molecule has 0 bridgehead atoms. The lowest BCUT2D eigenvalue weighted by molar-refractivity contribution is -0.122. The highest BCUT2D eigenvalue weighted by molar-refractivity contribution is 5.76. The highest BCUT2D eigenvalue weighted by Gasteiger charge is 2.24. The van der Waals surface area contributed by atoms with Crippen LogP contribution < -0.4 is 10.6 Å². The average molecular weight is 210 g/mol. The fourth-order valence-electron chi connectivity index (χ4n) is 2.84. The van der Waals surface area contributed by atoms with Crippen molar-refractivity contribution in [1.29, 1.82) is 0 Å². The largest absolute Gasteiger partial charge is 0.352 e. The van der Waals surface area contributed by atoms with E-state index in [1.165, 1.54) is 19.3 Å². The highest BCUT2D eigenvalue weighted by atomic mass is 16.1. The van der Waals surface area contributed by atoms with Crippen LogP contribution in [0.15, 0.2) is 0 Å². The van der Waals surface area contributed by atoms with Gasteiger partial charge in [0.05, 0.1) is 0 Å². The maximum Gasteiger partial charge on any atom is 0.220 e. The molecule has 1 amide bonds. The van der Waals surface area contributed by atoms with Crippen molar-refractivity contribution in [2.45, 2.75) is 45.1 Å². The summed E-state index contributed by atoms with van der Waals surface area (Å²) in [5.74, 6) is 1.74. The van der Waals surface area contributed by atoms with Crippen LogP contribution in [0.4, 0.5) is 0 Å². The summed E-state index contributed by atoms with van der Waals surface area (Å²) in [7, 11) is 0. The number of amides is 1. The molecule has 3 unspecified atom stereocenters. The van der Waals surface area contributed by atoms with Gasteiger partial charge in [0.1, 0.15) is 0 Å². The Morgan fingerprint density at radius 1 is 1.40 bits per heavy atom. The maximum atomic E-state index is 11.7. The predicted molar refractivity (Wildman–Crippen MR) is 60.5 cm³/mol. The number of carbonyl (C=O) groups is 1. The second kappa shape index (κ2) is 4.97. The van der Waals surface area contributed by atoms with Gasteiger partial charge in [-0.15, -0.1) is 0 Å². The molecule has 3 heteroatoms. The van der Waals surface area contributed by atoms with E-state index in [1.807, 2.05) is 0 Å². The molecule has 0 aromatic carbocycles. The Morgan fingerprint density at radius 3 is 2.87 bits per heavy atom. The van der Waals surface area contributed by atoms with Crippen molar-refractivity contribution in [3.8, 4) is 0 Å². The number of hydrogen-bond donors (Lipinski definition) is 2. The molecule has 3 atom stereocenters. The van der Waals surface area contributed by atoms with Crippen molar-refractivity contribution in [3.05, 3.63) is 0 Å². The lowest BCUT2D eigenvalue weighted by Crippen LogP contribution is -2.36. The summed E-state index contributed by atoms with van der Waals surface area (Å²) in [4.78, 5) is 11.7. The molecule has 1 heterocycles. The first kappa shape index (κ1) is 10.9. The van der Waals surface area contributed by atoms with Gasteiger partial charge in [0.25, 0.3) is 0 Å². The summed E-state index contributed by atoms with van der Waals surface area (Å²) >= 11 is 0. The van der Waals surface area contributed by atoms with E-state index >= 15 is 0 Å². The smallest absolute Gasteiger partial charge is 0.220 e. The lowest BCUT2D eigenvalue weighted by atomic mass is 10.0. The quantitative estimate of drug-likeness (QED) is 0.737. The molecule has 86 valence electrons. The van der Waals surface area contributed by atoms with Crippen molar-refractivity contribution in [2.24, 2.45) is 11.8 Å². The molecule has 1 saturated heterocycles. The molecule has 3 nitrogen and oxygen atoms in total. The van der Waals surface area contributed by atoms with Crippen molar-refractivity contribution >= 4 is 5.91 Å². The minimum Gasteiger partial charge on any atom is -0.352 e. The lowest BCUT2D eigenvalue weighted by Gasteiger charge is -2.14. The second-order valence-electron chi connectivity index (χ2n) is 5.25. The Hall–Kier alpha value is -0.570. The standard InChI is InChI=1S/C12H22N2O/c1-9-2-3-10(6-9)7-12(15)14-11-4-5-13-8-11/h9-11,13H,2-8H2,1H3,(H,14,15). The van der Waals surface area contributed by atoms with E-state index in [-0.39, 0.29) is 5.91 Å². The van der Waals surface area contributed by atoms with Crippen LogP contribution in [0.25, 0.3) is 0 Å². The van der Waals surface area contributed by atoms with Crippen molar-refractivity contribution in [3.63, 3.8) is 0 Å². The summed E-state index contributed by atoms with van der Waals surface area (Å²) in [6, 6.07) is 0.385. The van der Waals surface area contributed by atoms with Crippen LogP contribution in [-0.2, 0) is 4.79 Å². The van der Waals surface area contributed by atoms with Crippen LogP contribution in [0, 0.1) is 11.8 Å². The predicted octanol–water partition coefficient (Wildman–Crippen LogP) is 1.29. The van der Waals surface area contributed by atoms with E-state index in [0.29, 0.717) is 12.0 Å². The summed E-state index contributed by atoms with van der Waals surface area (Å²) in [5, 5.41) is 6.38. The Labute approximate surface area is 92.0 Å². The molecular weight excluding hydrogens is 188 g/mol. The number of rotatable bonds is 3. The Balaban J connectivity index is 1.67. The molecule has 2 aliphatic rings. The zero-order valence-corrected chi connectivity index (χ0v) is 9.59. The van der Waals surface area contributed by atoms with Gasteiger partial charge >= 0.3 is 0 Å². The molecule has 0 spiro atoms. The molecule has 2 rings (SSSR count). The van der Waals surface area contributed by atoms with Gasteiger partial charge in [0, 0.05) is 19.0 Å². The topological polar surface area (TPSA) is 41.1 Å². The molecule has 0 aromatic rings. The molecule has 1 aliphatic carbocycles. The molecule has 2 fully saturated rings. The fourth-order valence-corrected chi connectivity index (χ4v) is 2.84. The number of nitrogens with one attached hydrogen (secondary N) is 2. The molecular formula is C12H22N2O. The first-order chi connectivity index (χ1) is 7.24. The first-order valence-corrected chi connectivity index (χ1v) is 6.24. The van der Waals surface area contributed by atoms with Gasteiger partial charge < -0.3 is 10.6 Å². The van der Waals surface area contributed by atoms with Gasteiger partial charge in [-0.05, 0) is 37.6 Å². The maximum absolute atomic E-state index is 11.7. The Morgan fingerprint density at radius 2 is 2.27 bits per heavy atom. The normalized spacial score (nSPS) is 35.7. The monoisotopic (exact) mass is 210 g/mol. The minimum absolute atomic E-state index is 0.266. The summed E-state index contributed by atoms with van der Waals surface area (Å²) < 4.78 is 0. The van der Waals surface area contributed by atoms with Gasteiger partial charge in [-0.3, -0.25) is 4.79 Å². The van der Waals surface area contributed by atoms with E-state index in [0.717, 1.165) is 31.8 Å². The van der Waals surface area contributed by atoms with Crippen LogP contribution >= 0.6 is 0 Å². The van der Waals surface area contributed by atoms with Gasteiger partial charge in [-0.1, -0.05) is 13.3 Å². The van der Waals surface area contributed by atoms with Crippen LogP contribution in [0.2, 0.25) is 0 Å². The summed E-state index contributed by atoms with van der Waals surface area (Å²) in [6.45, 7) is 4.29. The second-order valence-corrected chi connectivity index (χ2v) is 5.25. The number of carbonyl (C=O) groups excluding carboxylic acids is 1. The Bertz CT molecular complexity index is 224. The molecule has 1 saturated carbocycles. The van der Waals surface area contributed by atoms with Crippen molar-refractivity contribution < 1.29 is 4.79 Å². The number of hydrogen-bond acceptors (Lipinski definition) is 2. The fraction of sp³-hybridized carbons (Fsp3) is 0.917. The third-order valence-electron chi connectivity index (χ3n) is 3.70. The van der Waals surface area contributed by atoms with Crippen molar-refractivity contribution in [1.82, 2.24) is 10.6 Å². The van der Waals surface area contributed by atoms with Crippen LogP contribution in [0.1, 0.15) is 39.0 Å². The minimum atomic E-state index is 0.266. The third-order valence-corrected chi connectivity index (χ3v) is 3.70. The van der Waals surface area contributed by atoms with Crippen molar-refractivity contribution in [2.75, 3.05) is 13.1 Å². The van der Waals surface area contributed by atoms with E-state index in [2.05, 4.69) is 17.6 Å². The summed E-state index contributed by atoms with van der Waals surface area (Å²) in [6.07, 6.45) is 5.64. The van der Waals surface area contributed by atoms with Gasteiger partial charge in [-0.2, -0.15) is 0 Å². The molecule has 2 N–H and O–H groups in total. The van der Waals surface area contributed by atoms with E-state index in [1.54, 1.807) is 0 Å². The summed E-state index contributed by atoms with van der Waals surface area (Å²) in [5.41, 5.74) is 0. The van der Waals surface area contributed by atoms with Gasteiger partial charge in [0.2, 0.25) is 5.91 Å². The zero-order chi connectivity index (χ0) is 10.7. The average Bonchev–Trinajstić information content (AvgIpc) is 2.77. The zero-order valence-electron chi connectivity index (χ0n) is 9.59. The Kier molecular flexibility index (Phi) is 3.62. The SMILES string of the molecule is CC1CCC(CC(=O)NC2CCNC2)C1. The van der Waals surface area contributed by atoms with E-state index in [4.69, 9.17) is 0 Å². The van der Waals surface area contributed by atoms with Crippen LogP contribution in [0.5, 0.6) is 0 Å². The van der Waals surface area contributed by atoms with Gasteiger partial charge in [0.15, 0.2) is 0 Å². The van der Waals surface area contributed by atoms with E-state index < -0.39 is 0 Å². The van der Waals surface area contributed by atoms with Gasteiger partial charge in [-0.25, -0.2) is 0 Å². The van der Waals surface area contributed by atoms with Crippen LogP contribution in [0.3, 0.4) is 0 Å². The molecule has 0 radical (unpaired) electrons. The highest BCUT2D eigenvalue weighted by Crippen LogP contribution is 2.32. The first-order valence-electron chi connectivity index (χ1n) is 6.24. The molecule has 15 heavy (non-hydrogen) atoms. The molecule has 1 aliphatic heterocycles. The molecule has 0 aromatic heterocycles. The third kappa shape index (κ3) is 3.20.